The van der Waals surface area contributed by atoms with Crippen molar-refractivity contribution in [3.63, 3.8) is 0 Å². The lowest BCUT2D eigenvalue weighted by Crippen LogP contribution is -2.32. The molecule has 0 saturated heterocycles. The highest BCUT2D eigenvalue weighted by Gasteiger charge is 2.34. The van der Waals surface area contributed by atoms with Crippen LogP contribution in [0, 0.1) is 0 Å². The zero-order valence-electron chi connectivity index (χ0n) is 5.09. The van der Waals surface area contributed by atoms with E-state index in [1.807, 2.05) is 0 Å². The molecule has 0 unspecified atom stereocenters. The molecule has 1 saturated carbocycles. The molecule has 48 valence electrons. The monoisotopic (exact) mass is 116 g/mol. The predicted octanol–water partition coefficient (Wildman–Crippen LogP) is 0.282. The lowest BCUT2D eigenvalue weighted by atomic mass is 10.0. The molecule has 2 heteroatoms. The molecule has 0 aliphatic heterocycles. The zero-order chi connectivity index (χ0) is 6.20. The van der Waals surface area contributed by atoms with Crippen molar-refractivity contribution in [1.82, 2.24) is 0 Å². The van der Waals surface area contributed by atoms with Crippen LogP contribution in [0.1, 0.15) is 26.2 Å². The third-order valence-corrected chi connectivity index (χ3v) is 1.88. The first-order valence-corrected chi connectivity index (χ1v) is 3.03. The lowest BCUT2D eigenvalue weighted by molar-refractivity contribution is -0.0382. The molecule has 1 aliphatic carbocycles. The predicted molar refractivity (Wildman–Crippen MR) is 30.5 cm³/mol. The van der Waals surface area contributed by atoms with E-state index >= 15 is 0 Å². The molecule has 8 heavy (non-hydrogen) atoms. The molecule has 0 amide bonds. The van der Waals surface area contributed by atoms with Gasteiger partial charge in [0.05, 0.1) is 11.7 Å². The smallest absolute Gasteiger partial charge is 0.0877 e. The Hall–Kier alpha value is -0.0800. The molecule has 1 aliphatic rings. The fourth-order valence-corrected chi connectivity index (χ4v) is 1.13. The highest BCUT2D eigenvalue weighted by atomic mass is 16.3. The molecule has 0 aromatic carbocycles. The van der Waals surface area contributed by atoms with E-state index in [0.717, 1.165) is 19.3 Å². The third kappa shape index (κ3) is 0.858. The third-order valence-electron chi connectivity index (χ3n) is 1.88. The summed E-state index contributed by atoms with van der Waals surface area (Å²) in [6, 6.07) is 0. The van der Waals surface area contributed by atoms with Crippen molar-refractivity contribution in [3.05, 3.63) is 0 Å². The average molecular weight is 116 g/mol. The maximum absolute atomic E-state index is 9.21. The molecule has 0 aromatic heterocycles. The van der Waals surface area contributed by atoms with Gasteiger partial charge in [-0.3, -0.25) is 0 Å². The summed E-state index contributed by atoms with van der Waals surface area (Å²) < 4.78 is 0. The Balaban J connectivity index is 2.54. The first-order valence-electron chi connectivity index (χ1n) is 3.03. The van der Waals surface area contributed by atoms with Crippen LogP contribution >= 0.6 is 0 Å². The molecule has 0 heterocycles. The highest BCUT2D eigenvalue weighted by molar-refractivity contribution is 4.87. The Morgan fingerprint density at radius 3 is 2.38 bits per heavy atom. The van der Waals surface area contributed by atoms with Gasteiger partial charge in [-0.25, -0.2) is 0 Å². The van der Waals surface area contributed by atoms with Crippen molar-refractivity contribution in [3.8, 4) is 0 Å². The molecular weight excluding hydrogens is 104 g/mol. The van der Waals surface area contributed by atoms with Gasteiger partial charge < -0.3 is 10.2 Å². The Kier molecular flexibility index (Phi) is 1.29. The summed E-state index contributed by atoms with van der Waals surface area (Å²) in [5, 5.41) is 18.2. The minimum absolute atomic E-state index is 0.484. The SMILES string of the molecule is C[C@]1(O)CCC[C@@H]1O. The van der Waals surface area contributed by atoms with Crippen LogP contribution < -0.4 is 0 Å². The molecule has 2 nitrogen and oxygen atoms in total. The van der Waals surface area contributed by atoms with Gasteiger partial charge in [-0.05, 0) is 26.2 Å². The fraction of sp³-hybridized carbons (Fsp3) is 1.00. The zero-order valence-corrected chi connectivity index (χ0v) is 5.09. The van der Waals surface area contributed by atoms with E-state index in [-0.39, 0.29) is 0 Å². The van der Waals surface area contributed by atoms with E-state index in [0.29, 0.717) is 0 Å². The van der Waals surface area contributed by atoms with Crippen LogP contribution in [0.5, 0.6) is 0 Å². The molecule has 0 aromatic rings. The Labute approximate surface area is 49.1 Å². The summed E-state index contributed by atoms with van der Waals surface area (Å²) in [5.41, 5.74) is -0.792. The van der Waals surface area contributed by atoms with E-state index in [4.69, 9.17) is 5.11 Å². The Morgan fingerprint density at radius 1 is 1.62 bits per heavy atom. The second kappa shape index (κ2) is 1.71. The summed E-state index contributed by atoms with van der Waals surface area (Å²) in [6.45, 7) is 1.69. The number of hydrogen-bond acceptors (Lipinski definition) is 2. The van der Waals surface area contributed by atoms with Crippen molar-refractivity contribution in [2.75, 3.05) is 0 Å². The van der Waals surface area contributed by atoms with Crippen LogP contribution in [0.4, 0.5) is 0 Å². The first kappa shape index (κ1) is 6.05. The van der Waals surface area contributed by atoms with Crippen molar-refractivity contribution >= 4 is 0 Å². The Bertz CT molecular complexity index is 88.5. The van der Waals surface area contributed by atoms with Gasteiger partial charge in [0, 0.05) is 0 Å². The molecule has 2 atom stereocenters. The minimum atomic E-state index is -0.792. The molecule has 1 fully saturated rings. The van der Waals surface area contributed by atoms with E-state index in [2.05, 4.69) is 0 Å². The van der Waals surface area contributed by atoms with Gasteiger partial charge in [-0.2, -0.15) is 0 Å². The summed E-state index contributed by atoms with van der Waals surface area (Å²) >= 11 is 0. The van der Waals surface area contributed by atoms with Gasteiger partial charge in [0.15, 0.2) is 0 Å². The standard InChI is InChI=1S/C6H12O2/c1-6(8)4-2-3-5(6)7/h5,7-8H,2-4H2,1H3/t5-,6-/m0/s1. The maximum atomic E-state index is 9.21. The van der Waals surface area contributed by atoms with E-state index in [1.165, 1.54) is 0 Å². The summed E-state index contributed by atoms with van der Waals surface area (Å²) in [7, 11) is 0. The van der Waals surface area contributed by atoms with E-state index in [9.17, 15) is 5.11 Å². The fourth-order valence-electron chi connectivity index (χ4n) is 1.13. The topological polar surface area (TPSA) is 40.5 Å². The molecule has 2 N–H and O–H groups in total. The van der Waals surface area contributed by atoms with Gasteiger partial charge in [-0.1, -0.05) is 0 Å². The van der Waals surface area contributed by atoms with Crippen LogP contribution in [-0.4, -0.2) is 21.9 Å². The van der Waals surface area contributed by atoms with Gasteiger partial charge in [0.25, 0.3) is 0 Å². The van der Waals surface area contributed by atoms with Crippen LogP contribution in [0.15, 0.2) is 0 Å². The normalized spacial score (nSPS) is 47.6. The highest BCUT2D eigenvalue weighted by Crippen LogP contribution is 2.28. The first-order chi connectivity index (χ1) is 3.63. The quantitative estimate of drug-likeness (QED) is 0.477. The minimum Gasteiger partial charge on any atom is -0.390 e. The van der Waals surface area contributed by atoms with Crippen molar-refractivity contribution < 1.29 is 10.2 Å². The number of aliphatic hydroxyl groups excluding tert-OH is 1. The average Bonchev–Trinajstić information content (AvgIpc) is 1.86. The number of rotatable bonds is 0. The van der Waals surface area contributed by atoms with Crippen LogP contribution in [0.3, 0.4) is 0 Å². The van der Waals surface area contributed by atoms with Crippen molar-refractivity contribution in [1.29, 1.82) is 0 Å². The van der Waals surface area contributed by atoms with Gasteiger partial charge >= 0.3 is 0 Å². The van der Waals surface area contributed by atoms with Crippen molar-refractivity contribution in [2.45, 2.75) is 37.9 Å². The summed E-state index contributed by atoms with van der Waals surface area (Å²) in [6.07, 6.45) is 1.97. The van der Waals surface area contributed by atoms with Gasteiger partial charge in [-0.15, -0.1) is 0 Å². The van der Waals surface area contributed by atoms with Gasteiger partial charge in [0.1, 0.15) is 0 Å². The van der Waals surface area contributed by atoms with Crippen LogP contribution in [0.25, 0.3) is 0 Å². The lowest BCUT2D eigenvalue weighted by Gasteiger charge is -2.19. The van der Waals surface area contributed by atoms with E-state index in [1.54, 1.807) is 6.92 Å². The maximum Gasteiger partial charge on any atom is 0.0877 e. The molecule has 1 rings (SSSR count). The van der Waals surface area contributed by atoms with Crippen molar-refractivity contribution in [2.24, 2.45) is 0 Å². The van der Waals surface area contributed by atoms with E-state index < -0.39 is 11.7 Å². The second-order valence-electron chi connectivity index (χ2n) is 2.77. The molecule has 0 bridgehead atoms. The number of aliphatic hydroxyl groups is 2. The summed E-state index contributed by atoms with van der Waals surface area (Å²) in [5.74, 6) is 0. The molecule has 0 spiro atoms. The van der Waals surface area contributed by atoms with Gasteiger partial charge in [0.2, 0.25) is 0 Å². The summed E-state index contributed by atoms with van der Waals surface area (Å²) in [4.78, 5) is 0. The van der Waals surface area contributed by atoms with Crippen LogP contribution in [0.2, 0.25) is 0 Å². The second-order valence-corrected chi connectivity index (χ2v) is 2.77. The largest absolute Gasteiger partial charge is 0.390 e. The molecular formula is C6H12O2. The Morgan fingerprint density at radius 2 is 2.25 bits per heavy atom. The number of hydrogen-bond donors (Lipinski definition) is 2. The van der Waals surface area contributed by atoms with Crippen LogP contribution in [-0.2, 0) is 0 Å². The molecule has 0 radical (unpaired) electrons.